The number of likely N-dealkylation sites (tertiary alicyclic amines) is 1. The van der Waals surface area contributed by atoms with E-state index in [1.807, 2.05) is 13.8 Å². The molecule has 1 heterocycles. The van der Waals surface area contributed by atoms with E-state index in [1.165, 1.54) is 6.42 Å². The van der Waals surface area contributed by atoms with Crippen LogP contribution in [-0.2, 0) is 4.79 Å². The van der Waals surface area contributed by atoms with Gasteiger partial charge in [-0.05, 0) is 46.6 Å². The molecule has 1 aliphatic rings. The van der Waals surface area contributed by atoms with Crippen molar-refractivity contribution in [3.05, 3.63) is 0 Å². The minimum Gasteiger partial charge on any atom is -0.298 e. The lowest BCUT2D eigenvalue weighted by atomic mass is 9.90. The summed E-state index contributed by atoms with van der Waals surface area (Å²) in [5, 5.41) is 8.96. The van der Waals surface area contributed by atoms with Crippen LogP contribution in [0.25, 0.3) is 0 Å². The van der Waals surface area contributed by atoms with Crippen LogP contribution >= 0.6 is 0 Å². The first-order chi connectivity index (χ1) is 7.46. The molecule has 0 spiro atoms. The largest absolute Gasteiger partial charge is 0.298 e. The van der Waals surface area contributed by atoms with Crippen LogP contribution < -0.4 is 0 Å². The van der Waals surface area contributed by atoms with E-state index in [-0.39, 0.29) is 17.2 Å². The van der Waals surface area contributed by atoms with Crippen molar-refractivity contribution in [1.29, 1.82) is 5.26 Å². The van der Waals surface area contributed by atoms with E-state index in [9.17, 15) is 4.79 Å². The van der Waals surface area contributed by atoms with Gasteiger partial charge in [0.05, 0.1) is 17.5 Å². The molecule has 1 atom stereocenters. The number of carbonyl (C=O) groups is 1. The molecule has 0 N–H and O–H groups in total. The molecule has 0 aromatic rings. The van der Waals surface area contributed by atoms with Gasteiger partial charge in [-0.3, -0.25) is 9.69 Å². The number of nitrogens with zero attached hydrogens (tertiary/aromatic N) is 2. The Kier molecular flexibility index (Phi) is 4.49. The highest BCUT2D eigenvalue weighted by Gasteiger charge is 2.27. The number of Topliss-reactive ketones (excluding diaryl/α,β-unsaturated/α-hetero) is 1. The van der Waals surface area contributed by atoms with Gasteiger partial charge in [0, 0.05) is 6.54 Å². The molecule has 1 unspecified atom stereocenters. The molecular formula is C13H22N2O. The molecule has 0 aliphatic carbocycles. The van der Waals surface area contributed by atoms with Crippen molar-refractivity contribution in [2.24, 2.45) is 5.41 Å². The molecule has 1 saturated heterocycles. The second-order valence-corrected chi connectivity index (χ2v) is 5.40. The van der Waals surface area contributed by atoms with E-state index >= 15 is 0 Å². The van der Waals surface area contributed by atoms with E-state index in [0.717, 1.165) is 32.4 Å². The van der Waals surface area contributed by atoms with Crippen molar-refractivity contribution >= 4 is 5.78 Å². The van der Waals surface area contributed by atoms with Gasteiger partial charge in [-0.25, -0.2) is 0 Å². The summed E-state index contributed by atoms with van der Waals surface area (Å²) in [5.41, 5.74) is -0.279. The van der Waals surface area contributed by atoms with E-state index in [1.54, 1.807) is 6.92 Å². The fraction of sp³-hybridized carbons (Fsp3) is 0.846. The maximum Gasteiger partial charge on any atom is 0.146 e. The standard InChI is InChI=1S/C13H22N2O/c1-11(16)12-6-4-5-8-15(12)9-7-13(2,3)10-14/h12H,4-9H2,1-3H3. The molecule has 3 nitrogen and oxygen atoms in total. The first-order valence-corrected chi connectivity index (χ1v) is 6.12. The van der Waals surface area contributed by atoms with Gasteiger partial charge in [-0.15, -0.1) is 0 Å². The third kappa shape index (κ3) is 3.61. The van der Waals surface area contributed by atoms with Crippen LogP contribution in [0.3, 0.4) is 0 Å². The first-order valence-electron chi connectivity index (χ1n) is 6.12. The molecule has 3 heteroatoms. The van der Waals surface area contributed by atoms with Crippen LogP contribution in [0.2, 0.25) is 0 Å². The summed E-state index contributed by atoms with van der Waals surface area (Å²) in [7, 11) is 0. The van der Waals surface area contributed by atoms with Gasteiger partial charge < -0.3 is 0 Å². The molecule has 0 aromatic heterocycles. The molecule has 1 aliphatic heterocycles. The zero-order valence-electron chi connectivity index (χ0n) is 10.6. The third-order valence-corrected chi connectivity index (χ3v) is 3.41. The van der Waals surface area contributed by atoms with Crippen LogP contribution in [0, 0.1) is 16.7 Å². The fourth-order valence-electron chi connectivity index (χ4n) is 2.20. The van der Waals surface area contributed by atoms with Crippen LogP contribution in [0.15, 0.2) is 0 Å². The summed E-state index contributed by atoms with van der Waals surface area (Å²) in [5.74, 6) is 0.273. The Balaban J connectivity index is 2.51. The Morgan fingerprint density at radius 3 is 2.75 bits per heavy atom. The second kappa shape index (κ2) is 5.45. The Morgan fingerprint density at radius 1 is 1.50 bits per heavy atom. The Hall–Kier alpha value is -0.880. The monoisotopic (exact) mass is 222 g/mol. The number of hydrogen-bond acceptors (Lipinski definition) is 3. The van der Waals surface area contributed by atoms with Gasteiger partial charge in [-0.2, -0.15) is 5.26 Å². The van der Waals surface area contributed by atoms with Crippen LogP contribution in [0.4, 0.5) is 0 Å². The lowest BCUT2D eigenvalue weighted by Gasteiger charge is -2.35. The number of nitriles is 1. The predicted octanol–water partition coefficient (Wildman–Crippen LogP) is 2.37. The van der Waals surface area contributed by atoms with Crippen molar-refractivity contribution in [1.82, 2.24) is 4.90 Å². The Labute approximate surface area is 98.4 Å². The number of ketones is 1. The molecule has 0 bridgehead atoms. The predicted molar refractivity (Wildman–Crippen MR) is 63.9 cm³/mol. The minimum atomic E-state index is -0.279. The van der Waals surface area contributed by atoms with E-state index in [4.69, 9.17) is 5.26 Å². The van der Waals surface area contributed by atoms with Crippen molar-refractivity contribution in [2.45, 2.75) is 52.5 Å². The number of carbonyl (C=O) groups excluding carboxylic acids is 1. The highest BCUT2D eigenvalue weighted by molar-refractivity contribution is 5.81. The van der Waals surface area contributed by atoms with E-state index < -0.39 is 0 Å². The summed E-state index contributed by atoms with van der Waals surface area (Å²) in [6.07, 6.45) is 4.16. The molecule has 0 radical (unpaired) electrons. The normalized spacial score (nSPS) is 22.8. The second-order valence-electron chi connectivity index (χ2n) is 5.40. The smallest absolute Gasteiger partial charge is 0.146 e. The fourth-order valence-corrected chi connectivity index (χ4v) is 2.20. The van der Waals surface area contributed by atoms with Crippen LogP contribution in [-0.4, -0.2) is 29.8 Å². The van der Waals surface area contributed by atoms with Gasteiger partial charge >= 0.3 is 0 Å². The van der Waals surface area contributed by atoms with Crippen LogP contribution in [0.1, 0.15) is 46.5 Å². The average Bonchev–Trinajstić information content (AvgIpc) is 2.27. The molecule has 0 amide bonds. The number of rotatable bonds is 4. The molecular weight excluding hydrogens is 200 g/mol. The molecule has 0 aromatic carbocycles. The molecule has 1 rings (SSSR count). The Morgan fingerprint density at radius 2 is 2.19 bits per heavy atom. The molecule has 0 saturated carbocycles. The van der Waals surface area contributed by atoms with E-state index in [0.29, 0.717) is 0 Å². The SMILES string of the molecule is CC(=O)C1CCCCN1CCC(C)(C)C#N. The lowest BCUT2D eigenvalue weighted by Crippen LogP contribution is -2.44. The highest BCUT2D eigenvalue weighted by atomic mass is 16.1. The van der Waals surface area contributed by atoms with E-state index in [2.05, 4.69) is 11.0 Å². The van der Waals surface area contributed by atoms with Gasteiger partial charge in [0.1, 0.15) is 5.78 Å². The first kappa shape index (κ1) is 13.2. The quantitative estimate of drug-likeness (QED) is 0.733. The molecule has 16 heavy (non-hydrogen) atoms. The van der Waals surface area contributed by atoms with Crippen LogP contribution in [0.5, 0.6) is 0 Å². The van der Waals surface area contributed by atoms with Gasteiger partial charge in [0.25, 0.3) is 0 Å². The summed E-state index contributed by atoms with van der Waals surface area (Å²) < 4.78 is 0. The minimum absolute atomic E-state index is 0.100. The summed E-state index contributed by atoms with van der Waals surface area (Å²) in [6, 6.07) is 2.41. The molecule has 1 fully saturated rings. The van der Waals surface area contributed by atoms with Crippen molar-refractivity contribution < 1.29 is 4.79 Å². The number of piperidine rings is 1. The zero-order valence-corrected chi connectivity index (χ0v) is 10.6. The maximum atomic E-state index is 11.5. The maximum absolute atomic E-state index is 11.5. The van der Waals surface area contributed by atoms with Crippen molar-refractivity contribution in [3.8, 4) is 6.07 Å². The summed E-state index contributed by atoms with van der Waals surface area (Å²) >= 11 is 0. The zero-order chi connectivity index (χ0) is 12.2. The van der Waals surface area contributed by atoms with Gasteiger partial charge in [0.2, 0.25) is 0 Å². The highest BCUT2D eigenvalue weighted by Crippen LogP contribution is 2.23. The van der Waals surface area contributed by atoms with Gasteiger partial charge in [0.15, 0.2) is 0 Å². The Bertz CT molecular complexity index is 291. The lowest BCUT2D eigenvalue weighted by molar-refractivity contribution is -0.123. The third-order valence-electron chi connectivity index (χ3n) is 3.41. The topological polar surface area (TPSA) is 44.1 Å². The van der Waals surface area contributed by atoms with Crippen molar-refractivity contribution in [3.63, 3.8) is 0 Å². The summed E-state index contributed by atoms with van der Waals surface area (Å²) in [4.78, 5) is 13.8. The molecule has 90 valence electrons. The average molecular weight is 222 g/mol. The summed E-state index contributed by atoms with van der Waals surface area (Å²) in [6.45, 7) is 7.47. The van der Waals surface area contributed by atoms with Crippen molar-refractivity contribution in [2.75, 3.05) is 13.1 Å². The number of hydrogen-bond donors (Lipinski definition) is 0. The van der Waals surface area contributed by atoms with Gasteiger partial charge in [-0.1, -0.05) is 6.42 Å².